The van der Waals surface area contributed by atoms with E-state index in [1.165, 1.54) is 7.11 Å². The summed E-state index contributed by atoms with van der Waals surface area (Å²) in [6, 6.07) is 0. The number of hydrogen-bond acceptors (Lipinski definition) is 5. The maximum atomic E-state index is 11.3. The summed E-state index contributed by atoms with van der Waals surface area (Å²) >= 11 is 0. The summed E-state index contributed by atoms with van der Waals surface area (Å²) in [6.45, 7) is 0. The molecule has 0 bridgehead atoms. The van der Waals surface area contributed by atoms with Crippen molar-refractivity contribution in [3.8, 4) is 0 Å². The topological polar surface area (TPSA) is 73.0 Å². The van der Waals surface area contributed by atoms with Crippen molar-refractivity contribution in [2.75, 3.05) is 18.6 Å². The molecule has 2 saturated heterocycles. The zero-order valence-corrected chi connectivity index (χ0v) is 8.67. The minimum atomic E-state index is -3.04. The lowest BCUT2D eigenvalue weighted by Gasteiger charge is -2.18. The number of hydrogen-bond donors (Lipinski definition) is 0. The summed E-state index contributed by atoms with van der Waals surface area (Å²) in [7, 11) is -1.76. The summed E-state index contributed by atoms with van der Waals surface area (Å²) in [5.41, 5.74) is -0.760. The molecule has 1 spiro atoms. The Bertz CT molecular complexity index is 360. The highest BCUT2D eigenvalue weighted by Crippen LogP contribution is 2.45. The summed E-state index contributed by atoms with van der Waals surface area (Å²) in [5, 5.41) is 0. The fourth-order valence-electron chi connectivity index (χ4n) is 1.98. The third-order valence-corrected chi connectivity index (χ3v) is 4.55. The smallest absolute Gasteiger partial charge is 0.338 e. The third kappa shape index (κ3) is 1.52. The highest BCUT2D eigenvalue weighted by atomic mass is 32.2. The van der Waals surface area contributed by atoms with Crippen molar-refractivity contribution >= 4 is 15.8 Å². The van der Waals surface area contributed by atoms with Crippen molar-refractivity contribution in [2.24, 2.45) is 0 Å². The van der Waals surface area contributed by atoms with Gasteiger partial charge in [0.2, 0.25) is 0 Å². The molecule has 14 heavy (non-hydrogen) atoms. The Balaban J connectivity index is 2.10. The molecule has 0 radical (unpaired) electrons. The van der Waals surface area contributed by atoms with Crippen LogP contribution < -0.4 is 0 Å². The molecule has 2 fully saturated rings. The van der Waals surface area contributed by atoms with Gasteiger partial charge in [-0.25, -0.2) is 13.2 Å². The summed E-state index contributed by atoms with van der Waals surface area (Å²) < 4.78 is 32.4. The van der Waals surface area contributed by atoms with Gasteiger partial charge in [0.15, 0.2) is 15.9 Å². The highest BCUT2D eigenvalue weighted by molar-refractivity contribution is 7.91. The van der Waals surface area contributed by atoms with Crippen LogP contribution in [0.25, 0.3) is 0 Å². The van der Waals surface area contributed by atoms with Crippen LogP contribution in [0.5, 0.6) is 0 Å². The Hall–Kier alpha value is -0.620. The number of methoxy groups -OCH3 is 1. The largest absolute Gasteiger partial charge is 0.467 e. The first-order chi connectivity index (χ1) is 6.49. The molecule has 2 atom stereocenters. The van der Waals surface area contributed by atoms with Crippen molar-refractivity contribution < 1.29 is 22.7 Å². The Morgan fingerprint density at radius 1 is 1.57 bits per heavy atom. The van der Waals surface area contributed by atoms with Crippen LogP contribution >= 0.6 is 0 Å². The fourth-order valence-corrected chi connectivity index (χ4v) is 3.81. The third-order valence-electron chi connectivity index (χ3n) is 2.71. The van der Waals surface area contributed by atoms with Gasteiger partial charge in [-0.3, -0.25) is 0 Å². The number of sulfone groups is 1. The number of esters is 1. The Kier molecular flexibility index (Phi) is 2.08. The SMILES string of the molecule is COC(=O)C1OC12CCCS(=O)(=O)C2. The standard InChI is InChI=1S/C8H12O5S/c1-12-7(9)6-8(13-6)3-2-4-14(10,11)5-8/h6H,2-5H2,1H3. The van der Waals surface area contributed by atoms with Gasteiger partial charge >= 0.3 is 5.97 Å². The second-order valence-electron chi connectivity index (χ2n) is 3.78. The molecule has 2 unspecified atom stereocenters. The first-order valence-corrected chi connectivity index (χ1v) is 6.27. The normalized spacial score (nSPS) is 39.4. The molecule has 5 nitrogen and oxygen atoms in total. The molecule has 80 valence electrons. The van der Waals surface area contributed by atoms with Crippen LogP contribution in [-0.4, -0.2) is 44.7 Å². The van der Waals surface area contributed by atoms with Gasteiger partial charge in [0, 0.05) is 0 Å². The number of carbonyl (C=O) groups excluding carboxylic acids is 1. The van der Waals surface area contributed by atoms with Crippen LogP contribution in [0, 0.1) is 0 Å². The fraction of sp³-hybridized carbons (Fsp3) is 0.875. The van der Waals surface area contributed by atoms with Gasteiger partial charge in [0.25, 0.3) is 0 Å². The van der Waals surface area contributed by atoms with Crippen molar-refractivity contribution in [1.29, 1.82) is 0 Å². The maximum Gasteiger partial charge on any atom is 0.338 e. The molecule has 0 aliphatic carbocycles. The lowest BCUT2D eigenvalue weighted by molar-refractivity contribution is -0.142. The van der Waals surface area contributed by atoms with Crippen LogP contribution in [0.2, 0.25) is 0 Å². The molecule has 2 rings (SSSR count). The summed E-state index contributed by atoms with van der Waals surface area (Å²) in [6.07, 6.45) is 0.532. The van der Waals surface area contributed by atoms with E-state index < -0.39 is 27.5 Å². The molecular formula is C8H12O5S. The molecule has 0 aromatic rings. The molecule has 0 aromatic heterocycles. The van der Waals surface area contributed by atoms with Crippen molar-refractivity contribution in [2.45, 2.75) is 24.5 Å². The molecule has 0 amide bonds. The van der Waals surface area contributed by atoms with E-state index in [9.17, 15) is 13.2 Å². The lowest BCUT2D eigenvalue weighted by atomic mass is 10.0. The predicted octanol–water partition coefficient (Wildman–Crippen LogP) is -0.494. The monoisotopic (exact) mass is 220 g/mol. The van der Waals surface area contributed by atoms with Crippen molar-refractivity contribution in [3.63, 3.8) is 0 Å². The summed E-state index contributed by atoms with van der Waals surface area (Å²) in [4.78, 5) is 11.1. The van der Waals surface area contributed by atoms with Crippen LogP contribution in [0.15, 0.2) is 0 Å². The molecule has 0 N–H and O–H groups in total. The second-order valence-corrected chi connectivity index (χ2v) is 5.97. The molecule has 2 aliphatic heterocycles. The van der Waals surface area contributed by atoms with E-state index in [-0.39, 0.29) is 11.5 Å². The van der Waals surface area contributed by atoms with E-state index in [0.717, 1.165) is 0 Å². The van der Waals surface area contributed by atoms with Gasteiger partial charge in [-0.15, -0.1) is 0 Å². The molecule has 2 aliphatic rings. The van der Waals surface area contributed by atoms with E-state index in [4.69, 9.17) is 4.74 Å². The van der Waals surface area contributed by atoms with Gasteiger partial charge in [0.05, 0.1) is 18.6 Å². The zero-order valence-electron chi connectivity index (χ0n) is 7.86. The van der Waals surface area contributed by atoms with Gasteiger partial charge in [-0.2, -0.15) is 0 Å². The van der Waals surface area contributed by atoms with Crippen LogP contribution in [-0.2, 0) is 24.1 Å². The summed E-state index contributed by atoms with van der Waals surface area (Å²) in [5.74, 6) is -0.312. The van der Waals surface area contributed by atoms with Crippen molar-refractivity contribution in [1.82, 2.24) is 0 Å². The Morgan fingerprint density at radius 3 is 2.86 bits per heavy atom. The first kappa shape index (κ1) is 9.92. The number of ether oxygens (including phenoxy) is 2. The predicted molar refractivity (Wildman–Crippen MR) is 47.5 cm³/mol. The zero-order chi connectivity index (χ0) is 10.4. The maximum absolute atomic E-state index is 11.3. The minimum absolute atomic E-state index is 0.0419. The van der Waals surface area contributed by atoms with Gasteiger partial charge in [-0.1, -0.05) is 0 Å². The number of carbonyl (C=O) groups is 1. The van der Waals surface area contributed by atoms with E-state index in [1.807, 2.05) is 0 Å². The van der Waals surface area contributed by atoms with Gasteiger partial charge < -0.3 is 9.47 Å². The average Bonchev–Trinajstić information content (AvgIpc) is 2.75. The van der Waals surface area contributed by atoms with E-state index in [2.05, 4.69) is 4.74 Å². The minimum Gasteiger partial charge on any atom is -0.467 e. The Morgan fingerprint density at radius 2 is 2.29 bits per heavy atom. The van der Waals surface area contributed by atoms with E-state index >= 15 is 0 Å². The quantitative estimate of drug-likeness (QED) is 0.440. The highest BCUT2D eigenvalue weighted by Gasteiger charge is 2.64. The molecule has 6 heteroatoms. The van der Waals surface area contributed by atoms with E-state index in [0.29, 0.717) is 12.8 Å². The number of rotatable bonds is 1. The lowest BCUT2D eigenvalue weighted by Crippen LogP contribution is -2.36. The molecule has 2 heterocycles. The molecular weight excluding hydrogens is 208 g/mol. The average molecular weight is 220 g/mol. The second kappa shape index (κ2) is 2.93. The Labute approximate surface area is 82.3 Å². The van der Waals surface area contributed by atoms with Gasteiger partial charge in [-0.05, 0) is 12.8 Å². The van der Waals surface area contributed by atoms with Crippen LogP contribution in [0.3, 0.4) is 0 Å². The number of epoxide rings is 1. The molecule has 0 saturated carbocycles. The van der Waals surface area contributed by atoms with Gasteiger partial charge in [0.1, 0.15) is 5.60 Å². The first-order valence-electron chi connectivity index (χ1n) is 4.45. The van der Waals surface area contributed by atoms with E-state index in [1.54, 1.807) is 0 Å². The van der Waals surface area contributed by atoms with Crippen LogP contribution in [0.1, 0.15) is 12.8 Å². The van der Waals surface area contributed by atoms with Crippen molar-refractivity contribution in [3.05, 3.63) is 0 Å². The van der Waals surface area contributed by atoms with Crippen LogP contribution in [0.4, 0.5) is 0 Å². The molecule has 0 aromatic carbocycles.